The summed E-state index contributed by atoms with van der Waals surface area (Å²) in [5.41, 5.74) is 3.39. The number of benzene rings is 1. The number of amides is 1. The lowest BCUT2D eigenvalue weighted by Gasteiger charge is -2.10. The highest BCUT2D eigenvalue weighted by Gasteiger charge is 2.22. The second-order valence-corrected chi connectivity index (χ2v) is 7.69. The number of carbonyl (C=O) groups excluding carboxylic acids is 1. The first-order valence-corrected chi connectivity index (χ1v) is 9.68. The molecule has 0 spiro atoms. The molecule has 0 fully saturated rings. The van der Waals surface area contributed by atoms with Gasteiger partial charge in [-0.15, -0.1) is 22.7 Å². The van der Waals surface area contributed by atoms with Gasteiger partial charge in [0.2, 0.25) is 0 Å². The summed E-state index contributed by atoms with van der Waals surface area (Å²) in [6.07, 6.45) is 2.10. The number of thiophene rings is 2. The Morgan fingerprint density at radius 1 is 1.21 bits per heavy atom. The molecule has 1 aromatic carbocycles. The summed E-state index contributed by atoms with van der Waals surface area (Å²) in [5, 5.41) is 5.11. The molecule has 3 aromatic rings. The van der Waals surface area contributed by atoms with Crippen LogP contribution in [0.25, 0.3) is 10.4 Å². The maximum Gasteiger partial charge on any atom is 0.265 e. The molecule has 0 saturated heterocycles. The molecule has 0 unspecified atom stereocenters. The van der Waals surface area contributed by atoms with Gasteiger partial charge in [0.1, 0.15) is 5.75 Å². The van der Waals surface area contributed by atoms with Crippen molar-refractivity contribution in [3.63, 3.8) is 0 Å². The number of nitrogens with one attached hydrogen (secondary N) is 1. The fraction of sp³-hybridized carbons (Fsp3) is 0.211. The maximum absolute atomic E-state index is 12.6. The van der Waals surface area contributed by atoms with Crippen LogP contribution in [0.1, 0.15) is 27.0 Å². The van der Waals surface area contributed by atoms with Crippen LogP contribution in [0.4, 0.5) is 5.69 Å². The third-order valence-corrected chi connectivity index (χ3v) is 6.26. The van der Waals surface area contributed by atoms with Crippen molar-refractivity contribution < 1.29 is 9.53 Å². The maximum atomic E-state index is 12.6. The third kappa shape index (κ3) is 2.85. The van der Waals surface area contributed by atoms with Crippen molar-refractivity contribution in [1.29, 1.82) is 0 Å². The van der Waals surface area contributed by atoms with Gasteiger partial charge < -0.3 is 10.1 Å². The predicted octanol–water partition coefficient (Wildman–Crippen LogP) is 5.23. The summed E-state index contributed by atoms with van der Waals surface area (Å²) < 4.78 is 5.42. The van der Waals surface area contributed by atoms with E-state index in [0.717, 1.165) is 29.2 Å². The molecule has 0 bridgehead atoms. The number of aryl methyl sites for hydroxylation is 2. The van der Waals surface area contributed by atoms with E-state index in [1.54, 1.807) is 11.3 Å². The zero-order chi connectivity index (χ0) is 16.5. The van der Waals surface area contributed by atoms with Gasteiger partial charge in [0.25, 0.3) is 5.91 Å². The lowest BCUT2D eigenvalue weighted by atomic mass is 9.98. The lowest BCUT2D eigenvalue weighted by molar-refractivity contribution is 0.103. The van der Waals surface area contributed by atoms with Gasteiger partial charge in [0.15, 0.2) is 0 Å². The number of carbonyl (C=O) groups is 1. The molecule has 0 atom stereocenters. The first kappa shape index (κ1) is 15.4. The van der Waals surface area contributed by atoms with Crippen LogP contribution in [-0.4, -0.2) is 12.5 Å². The molecule has 3 nitrogen and oxygen atoms in total. The van der Waals surface area contributed by atoms with Gasteiger partial charge in [-0.25, -0.2) is 0 Å². The van der Waals surface area contributed by atoms with E-state index in [-0.39, 0.29) is 5.91 Å². The van der Waals surface area contributed by atoms with Crippen molar-refractivity contribution in [2.45, 2.75) is 19.8 Å². The Morgan fingerprint density at radius 2 is 2.04 bits per heavy atom. The average molecular weight is 355 g/mol. The molecule has 1 aliphatic carbocycles. The largest absolute Gasteiger partial charge is 0.494 e. The fourth-order valence-corrected chi connectivity index (χ4v) is 5.04. The molecule has 0 radical (unpaired) electrons. The minimum atomic E-state index is -0.0460. The van der Waals surface area contributed by atoms with E-state index in [0.29, 0.717) is 6.61 Å². The van der Waals surface area contributed by atoms with Crippen LogP contribution < -0.4 is 10.1 Å². The quantitative estimate of drug-likeness (QED) is 0.696. The average Bonchev–Trinajstić information content (AvgIpc) is 3.22. The summed E-state index contributed by atoms with van der Waals surface area (Å²) in [6, 6.07) is 11.7. The molecule has 1 N–H and O–H groups in total. The first-order chi connectivity index (χ1) is 11.7. The van der Waals surface area contributed by atoms with Crippen molar-refractivity contribution >= 4 is 34.3 Å². The third-order valence-electron chi connectivity index (χ3n) is 4.07. The SMILES string of the molecule is CCOc1ccc(NC(=O)c2cc3c(s2)-c2ccsc2CC3)cc1. The summed E-state index contributed by atoms with van der Waals surface area (Å²) in [4.78, 5) is 16.0. The molecule has 24 heavy (non-hydrogen) atoms. The molecule has 2 heterocycles. The van der Waals surface area contributed by atoms with Crippen LogP contribution in [0.5, 0.6) is 5.75 Å². The van der Waals surface area contributed by atoms with Crippen LogP contribution >= 0.6 is 22.7 Å². The van der Waals surface area contributed by atoms with E-state index in [1.165, 1.54) is 20.9 Å². The van der Waals surface area contributed by atoms with Gasteiger partial charge in [0, 0.05) is 21.0 Å². The van der Waals surface area contributed by atoms with Gasteiger partial charge >= 0.3 is 0 Å². The van der Waals surface area contributed by atoms with Crippen LogP contribution in [0.3, 0.4) is 0 Å². The highest BCUT2D eigenvalue weighted by molar-refractivity contribution is 7.18. The second kappa shape index (κ2) is 6.42. The van der Waals surface area contributed by atoms with E-state index in [1.807, 2.05) is 48.6 Å². The lowest BCUT2D eigenvalue weighted by Crippen LogP contribution is -2.10. The summed E-state index contributed by atoms with van der Waals surface area (Å²) >= 11 is 3.40. The van der Waals surface area contributed by atoms with E-state index < -0.39 is 0 Å². The minimum absolute atomic E-state index is 0.0460. The highest BCUT2D eigenvalue weighted by atomic mass is 32.1. The van der Waals surface area contributed by atoms with Crippen molar-refractivity contribution in [3.8, 4) is 16.2 Å². The van der Waals surface area contributed by atoms with Gasteiger partial charge in [0.05, 0.1) is 11.5 Å². The predicted molar refractivity (Wildman–Crippen MR) is 101 cm³/mol. The van der Waals surface area contributed by atoms with Crippen molar-refractivity contribution in [3.05, 3.63) is 57.1 Å². The van der Waals surface area contributed by atoms with Crippen LogP contribution in [0, 0.1) is 0 Å². The van der Waals surface area contributed by atoms with Crippen molar-refractivity contribution in [2.24, 2.45) is 0 Å². The fourth-order valence-electron chi connectivity index (χ4n) is 2.93. The topological polar surface area (TPSA) is 38.3 Å². The van der Waals surface area contributed by atoms with Crippen LogP contribution in [0.2, 0.25) is 0 Å². The molecule has 2 aromatic heterocycles. The number of hydrogen-bond donors (Lipinski definition) is 1. The first-order valence-electron chi connectivity index (χ1n) is 7.98. The van der Waals surface area contributed by atoms with Gasteiger partial charge in [-0.2, -0.15) is 0 Å². The molecule has 0 saturated carbocycles. The minimum Gasteiger partial charge on any atom is -0.494 e. The summed E-state index contributed by atoms with van der Waals surface area (Å²) in [7, 11) is 0. The standard InChI is InChI=1S/C19H17NO2S2/c1-2-22-14-6-4-13(5-7-14)20-19(21)17-11-12-3-8-16-15(9-10-23-16)18(12)24-17/h4-7,9-11H,2-3,8H2,1H3,(H,20,21). The zero-order valence-electron chi connectivity index (χ0n) is 13.3. The number of ether oxygens (including phenoxy) is 1. The Hall–Kier alpha value is -2.11. The van der Waals surface area contributed by atoms with Crippen molar-refractivity contribution in [2.75, 3.05) is 11.9 Å². The molecule has 1 amide bonds. The number of hydrogen-bond acceptors (Lipinski definition) is 4. The zero-order valence-corrected chi connectivity index (χ0v) is 14.9. The van der Waals surface area contributed by atoms with E-state index in [4.69, 9.17) is 4.74 Å². The molecule has 0 aliphatic heterocycles. The Bertz CT molecular complexity index is 877. The summed E-state index contributed by atoms with van der Waals surface area (Å²) in [6.45, 7) is 2.59. The normalized spacial score (nSPS) is 12.4. The Labute approximate surface area is 148 Å². The van der Waals surface area contributed by atoms with E-state index in [2.05, 4.69) is 16.8 Å². The summed E-state index contributed by atoms with van der Waals surface area (Å²) in [5.74, 6) is 0.766. The Kier molecular flexibility index (Phi) is 4.12. The highest BCUT2D eigenvalue weighted by Crippen LogP contribution is 2.41. The molecule has 5 heteroatoms. The number of anilines is 1. The smallest absolute Gasteiger partial charge is 0.265 e. The van der Waals surface area contributed by atoms with Gasteiger partial charge in [-0.1, -0.05) is 0 Å². The monoisotopic (exact) mass is 355 g/mol. The van der Waals surface area contributed by atoms with Gasteiger partial charge in [-0.3, -0.25) is 4.79 Å². The molecule has 1 aliphatic rings. The molecular formula is C19H17NO2S2. The van der Waals surface area contributed by atoms with Crippen LogP contribution in [0.15, 0.2) is 41.8 Å². The molecule has 122 valence electrons. The number of fused-ring (bicyclic) bond motifs is 3. The van der Waals surface area contributed by atoms with Gasteiger partial charge in [-0.05, 0) is 67.1 Å². The Morgan fingerprint density at radius 3 is 2.83 bits per heavy atom. The Balaban J connectivity index is 1.54. The van der Waals surface area contributed by atoms with Crippen LogP contribution in [-0.2, 0) is 12.8 Å². The molecular weight excluding hydrogens is 338 g/mol. The van der Waals surface area contributed by atoms with E-state index >= 15 is 0 Å². The van der Waals surface area contributed by atoms with Crippen molar-refractivity contribution in [1.82, 2.24) is 0 Å². The number of rotatable bonds is 4. The second-order valence-electron chi connectivity index (χ2n) is 5.63. The molecule has 4 rings (SSSR count). The van der Waals surface area contributed by atoms with E-state index in [9.17, 15) is 4.79 Å².